The Bertz CT molecular complexity index is 474. The van der Waals surface area contributed by atoms with Crippen molar-refractivity contribution in [3.8, 4) is 0 Å². The summed E-state index contributed by atoms with van der Waals surface area (Å²) in [5.74, 6) is -0.238. The fourth-order valence-electron chi connectivity index (χ4n) is 2.26. The van der Waals surface area contributed by atoms with Crippen LogP contribution in [-0.4, -0.2) is 37.0 Å². The molecule has 0 aromatic heterocycles. The van der Waals surface area contributed by atoms with E-state index in [1.807, 2.05) is 6.07 Å². The Labute approximate surface area is 113 Å². The van der Waals surface area contributed by atoms with E-state index in [0.29, 0.717) is 13.0 Å². The average molecular weight is 261 g/mol. The van der Waals surface area contributed by atoms with E-state index in [2.05, 4.69) is 33.7 Å². The van der Waals surface area contributed by atoms with Gasteiger partial charge in [-0.15, -0.1) is 0 Å². The van der Waals surface area contributed by atoms with Crippen LogP contribution in [0.5, 0.6) is 0 Å². The highest BCUT2D eigenvalue weighted by molar-refractivity contribution is 5.94. The lowest BCUT2D eigenvalue weighted by Gasteiger charge is -2.28. The van der Waals surface area contributed by atoms with Crippen molar-refractivity contribution in [1.29, 1.82) is 0 Å². The van der Waals surface area contributed by atoms with E-state index < -0.39 is 6.03 Å². The number of urea groups is 1. The first-order chi connectivity index (χ1) is 9.19. The van der Waals surface area contributed by atoms with Gasteiger partial charge in [-0.1, -0.05) is 24.3 Å². The largest absolute Gasteiger partial charge is 0.341 e. The van der Waals surface area contributed by atoms with Gasteiger partial charge in [-0.2, -0.15) is 0 Å². The van der Waals surface area contributed by atoms with E-state index in [1.165, 1.54) is 18.2 Å². The SMILES string of the molecule is CNC(=O)NC(=O)CCN1CCc2ccccc2C1. The van der Waals surface area contributed by atoms with Crippen molar-refractivity contribution >= 4 is 11.9 Å². The molecule has 2 N–H and O–H groups in total. The van der Waals surface area contributed by atoms with Crippen LogP contribution < -0.4 is 10.6 Å². The number of amides is 3. The lowest BCUT2D eigenvalue weighted by Crippen LogP contribution is -2.39. The molecule has 1 aromatic rings. The predicted octanol–water partition coefficient (Wildman–Crippen LogP) is 0.890. The van der Waals surface area contributed by atoms with E-state index >= 15 is 0 Å². The van der Waals surface area contributed by atoms with Crippen molar-refractivity contribution < 1.29 is 9.59 Å². The third-order valence-electron chi connectivity index (χ3n) is 3.34. The predicted molar refractivity (Wildman–Crippen MR) is 72.6 cm³/mol. The number of nitrogens with one attached hydrogen (secondary N) is 2. The van der Waals surface area contributed by atoms with Crippen LogP contribution in [0.15, 0.2) is 24.3 Å². The number of hydrogen-bond acceptors (Lipinski definition) is 3. The van der Waals surface area contributed by atoms with E-state index in [0.717, 1.165) is 19.5 Å². The van der Waals surface area contributed by atoms with Crippen LogP contribution in [0.1, 0.15) is 17.5 Å². The molecule has 0 fully saturated rings. The minimum Gasteiger partial charge on any atom is -0.341 e. The number of rotatable bonds is 3. The summed E-state index contributed by atoms with van der Waals surface area (Å²) in [5.41, 5.74) is 2.73. The molecule has 0 aliphatic carbocycles. The van der Waals surface area contributed by atoms with Gasteiger partial charge in [-0.05, 0) is 17.5 Å². The molecule has 5 nitrogen and oxygen atoms in total. The summed E-state index contributed by atoms with van der Waals surface area (Å²) in [6, 6.07) is 7.94. The quantitative estimate of drug-likeness (QED) is 0.849. The molecule has 0 saturated heterocycles. The van der Waals surface area contributed by atoms with E-state index in [1.54, 1.807) is 0 Å². The normalized spacial score (nSPS) is 14.6. The third kappa shape index (κ3) is 3.79. The van der Waals surface area contributed by atoms with Gasteiger partial charge in [-0.25, -0.2) is 4.79 Å². The van der Waals surface area contributed by atoms with Gasteiger partial charge in [0.25, 0.3) is 0 Å². The number of imide groups is 1. The molecular formula is C14H19N3O2. The number of fused-ring (bicyclic) bond motifs is 1. The van der Waals surface area contributed by atoms with E-state index in [9.17, 15) is 9.59 Å². The van der Waals surface area contributed by atoms with Crippen LogP contribution in [0, 0.1) is 0 Å². The zero-order chi connectivity index (χ0) is 13.7. The summed E-state index contributed by atoms with van der Waals surface area (Å²) in [7, 11) is 1.49. The fraction of sp³-hybridized carbons (Fsp3) is 0.429. The Balaban J connectivity index is 1.79. The van der Waals surface area contributed by atoms with Crippen LogP contribution in [0.4, 0.5) is 4.79 Å². The smallest absolute Gasteiger partial charge is 0.321 e. The van der Waals surface area contributed by atoms with Gasteiger partial charge in [0.05, 0.1) is 0 Å². The Morgan fingerprint density at radius 1 is 1.26 bits per heavy atom. The highest BCUT2D eigenvalue weighted by Crippen LogP contribution is 2.18. The average Bonchev–Trinajstić information content (AvgIpc) is 2.44. The first-order valence-corrected chi connectivity index (χ1v) is 6.49. The molecule has 0 saturated carbocycles. The second kappa shape index (κ2) is 6.33. The molecule has 0 bridgehead atoms. The first-order valence-electron chi connectivity index (χ1n) is 6.49. The van der Waals surface area contributed by atoms with E-state index in [-0.39, 0.29) is 5.91 Å². The number of hydrogen-bond donors (Lipinski definition) is 2. The molecule has 0 spiro atoms. The Hall–Kier alpha value is -1.88. The summed E-state index contributed by atoms with van der Waals surface area (Å²) in [6.07, 6.45) is 1.36. The minimum atomic E-state index is -0.450. The number of carbonyl (C=O) groups is 2. The van der Waals surface area contributed by atoms with Crippen LogP contribution >= 0.6 is 0 Å². The van der Waals surface area contributed by atoms with Crippen molar-refractivity contribution in [3.63, 3.8) is 0 Å². The molecule has 0 atom stereocenters. The molecule has 1 aliphatic rings. The molecule has 2 rings (SSSR count). The summed E-state index contributed by atoms with van der Waals surface area (Å²) < 4.78 is 0. The summed E-state index contributed by atoms with van der Waals surface area (Å²) in [6.45, 7) is 2.52. The lowest BCUT2D eigenvalue weighted by atomic mass is 10.00. The maximum Gasteiger partial charge on any atom is 0.321 e. The molecule has 1 heterocycles. The van der Waals surface area contributed by atoms with Gasteiger partial charge in [-0.3, -0.25) is 15.0 Å². The Morgan fingerprint density at radius 3 is 2.74 bits per heavy atom. The maximum absolute atomic E-state index is 11.5. The summed E-state index contributed by atoms with van der Waals surface area (Å²) in [5, 5.41) is 4.64. The number of benzene rings is 1. The number of nitrogens with zero attached hydrogens (tertiary/aromatic N) is 1. The zero-order valence-corrected chi connectivity index (χ0v) is 11.1. The van der Waals surface area contributed by atoms with Gasteiger partial charge in [0.1, 0.15) is 0 Å². The van der Waals surface area contributed by atoms with Gasteiger partial charge in [0.2, 0.25) is 5.91 Å². The highest BCUT2D eigenvalue weighted by atomic mass is 16.2. The van der Waals surface area contributed by atoms with Crippen molar-refractivity contribution in [2.75, 3.05) is 20.1 Å². The number of carbonyl (C=O) groups excluding carboxylic acids is 2. The van der Waals surface area contributed by atoms with Crippen LogP contribution in [0.2, 0.25) is 0 Å². The lowest BCUT2D eigenvalue weighted by molar-refractivity contribution is -0.120. The van der Waals surface area contributed by atoms with Crippen molar-refractivity contribution in [1.82, 2.24) is 15.5 Å². The second-order valence-electron chi connectivity index (χ2n) is 4.67. The van der Waals surface area contributed by atoms with Crippen LogP contribution in [-0.2, 0) is 17.8 Å². The molecule has 5 heteroatoms. The molecule has 0 radical (unpaired) electrons. The molecule has 102 valence electrons. The van der Waals surface area contributed by atoms with Gasteiger partial charge in [0, 0.05) is 33.1 Å². The molecular weight excluding hydrogens is 242 g/mol. The Kier molecular flexibility index (Phi) is 4.52. The third-order valence-corrected chi connectivity index (χ3v) is 3.34. The van der Waals surface area contributed by atoms with Crippen molar-refractivity contribution in [3.05, 3.63) is 35.4 Å². The standard InChI is InChI=1S/C14H19N3O2/c1-15-14(19)16-13(18)7-9-17-8-6-11-4-2-3-5-12(11)10-17/h2-5H,6-10H2,1H3,(H2,15,16,18,19). The monoisotopic (exact) mass is 261 g/mol. The summed E-state index contributed by atoms with van der Waals surface area (Å²) >= 11 is 0. The minimum absolute atomic E-state index is 0.238. The molecule has 1 aliphatic heterocycles. The summed E-state index contributed by atoms with van der Waals surface area (Å²) in [4.78, 5) is 24.7. The second-order valence-corrected chi connectivity index (χ2v) is 4.67. The molecule has 3 amide bonds. The fourth-order valence-corrected chi connectivity index (χ4v) is 2.26. The Morgan fingerprint density at radius 2 is 2.00 bits per heavy atom. The topological polar surface area (TPSA) is 61.4 Å². The van der Waals surface area contributed by atoms with Gasteiger partial charge >= 0.3 is 6.03 Å². The van der Waals surface area contributed by atoms with Crippen LogP contribution in [0.3, 0.4) is 0 Å². The van der Waals surface area contributed by atoms with E-state index in [4.69, 9.17) is 0 Å². The first kappa shape index (κ1) is 13.5. The van der Waals surface area contributed by atoms with Crippen molar-refractivity contribution in [2.45, 2.75) is 19.4 Å². The molecule has 19 heavy (non-hydrogen) atoms. The van der Waals surface area contributed by atoms with Crippen molar-refractivity contribution in [2.24, 2.45) is 0 Å². The molecule has 0 unspecified atom stereocenters. The molecule has 1 aromatic carbocycles. The van der Waals surface area contributed by atoms with Gasteiger partial charge in [0.15, 0.2) is 0 Å². The maximum atomic E-state index is 11.5. The zero-order valence-electron chi connectivity index (χ0n) is 11.1. The highest BCUT2D eigenvalue weighted by Gasteiger charge is 2.16. The van der Waals surface area contributed by atoms with Gasteiger partial charge < -0.3 is 5.32 Å². The van der Waals surface area contributed by atoms with Crippen LogP contribution in [0.25, 0.3) is 0 Å².